The second-order valence-electron chi connectivity index (χ2n) is 9.25. The van der Waals surface area contributed by atoms with E-state index in [9.17, 15) is 18.0 Å². The number of hydrogen-bond acceptors (Lipinski definition) is 7. The summed E-state index contributed by atoms with van der Waals surface area (Å²) in [5.41, 5.74) is 2.63. The summed E-state index contributed by atoms with van der Waals surface area (Å²) in [4.78, 5) is 27.2. The Bertz CT molecular complexity index is 1550. The van der Waals surface area contributed by atoms with E-state index in [1.54, 1.807) is 6.07 Å². The van der Waals surface area contributed by atoms with E-state index >= 15 is 0 Å². The quantitative estimate of drug-likeness (QED) is 0.302. The van der Waals surface area contributed by atoms with E-state index in [2.05, 4.69) is 4.72 Å². The number of benzene rings is 3. The highest BCUT2D eigenvalue weighted by atomic mass is 35.5. The Balaban J connectivity index is 1.46. The fourth-order valence-electron chi connectivity index (χ4n) is 4.43. The number of allylic oxidation sites excluding steroid dienone is 1. The topological polar surface area (TPSA) is 102 Å². The van der Waals surface area contributed by atoms with Crippen molar-refractivity contribution in [1.29, 1.82) is 0 Å². The number of ketones is 1. The van der Waals surface area contributed by atoms with Crippen molar-refractivity contribution < 1.29 is 27.5 Å². The number of carbonyl (C=O) groups excluding carboxylic acids is 2. The van der Waals surface area contributed by atoms with Crippen LogP contribution in [0.4, 0.5) is 11.4 Å². The van der Waals surface area contributed by atoms with Gasteiger partial charge >= 0.3 is 5.97 Å². The third-order valence-corrected chi connectivity index (χ3v) is 7.97. The van der Waals surface area contributed by atoms with Crippen molar-refractivity contribution in [2.24, 2.45) is 0 Å². The lowest BCUT2D eigenvalue weighted by molar-refractivity contribution is -0.117. The van der Waals surface area contributed by atoms with E-state index in [4.69, 9.17) is 21.1 Å². The van der Waals surface area contributed by atoms with Gasteiger partial charge in [-0.1, -0.05) is 49.7 Å². The molecule has 198 valence electrons. The highest BCUT2D eigenvalue weighted by molar-refractivity contribution is 7.92. The number of para-hydroxylation sites is 1. The summed E-state index contributed by atoms with van der Waals surface area (Å²) >= 11 is 5.99. The lowest BCUT2D eigenvalue weighted by Crippen LogP contribution is -2.25. The van der Waals surface area contributed by atoms with Gasteiger partial charge in [-0.2, -0.15) is 0 Å². The van der Waals surface area contributed by atoms with Crippen molar-refractivity contribution >= 4 is 44.8 Å². The molecule has 3 aromatic rings. The van der Waals surface area contributed by atoms with E-state index in [0.29, 0.717) is 5.02 Å². The van der Waals surface area contributed by atoms with Gasteiger partial charge < -0.3 is 14.4 Å². The van der Waals surface area contributed by atoms with Crippen LogP contribution in [0.3, 0.4) is 0 Å². The first kappa shape index (κ1) is 27.2. The first-order chi connectivity index (χ1) is 17.9. The van der Waals surface area contributed by atoms with Gasteiger partial charge in [-0.05, 0) is 48.0 Å². The van der Waals surface area contributed by atoms with Gasteiger partial charge in [0.15, 0.2) is 12.4 Å². The molecule has 4 rings (SSSR count). The molecule has 1 aliphatic rings. The van der Waals surface area contributed by atoms with Gasteiger partial charge in [0, 0.05) is 34.9 Å². The first-order valence-electron chi connectivity index (χ1n) is 11.7. The normalized spacial score (nSPS) is 15.2. The van der Waals surface area contributed by atoms with Crippen LogP contribution >= 0.6 is 11.6 Å². The molecule has 38 heavy (non-hydrogen) atoms. The number of carbonyl (C=O) groups is 2. The van der Waals surface area contributed by atoms with Crippen molar-refractivity contribution in [3.63, 3.8) is 0 Å². The number of nitrogens with one attached hydrogen (secondary N) is 1. The molecule has 0 saturated heterocycles. The molecular weight excluding hydrogens is 528 g/mol. The van der Waals surface area contributed by atoms with Crippen LogP contribution in [0, 0.1) is 0 Å². The van der Waals surface area contributed by atoms with E-state index in [1.165, 1.54) is 49.6 Å². The molecule has 0 atom stereocenters. The van der Waals surface area contributed by atoms with E-state index in [0.717, 1.165) is 16.9 Å². The smallest absolute Gasteiger partial charge is 0.338 e. The fraction of sp³-hybridized carbons (Fsp3) is 0.214. The van der Waals surface area contributed by atoms with Crippen LogP contribution in [-0.2, 0) is 25.0 Å². The average molecular weight is 555 g/mol. The molecule has 0 unspecified atom stereocenters. The van der Waals surface area contributed by atoms with Crippen LogP contribution in [-0.4, -0.2) is 40.9 Å². The molecule has 0 amide bonds. The summed E-state index contributed by atoms with van der Waals surface area (Å²) in [5.74, 6) is -0.934. The number of halogens is 1. The molecule has 10 heteroatoms. The standard InChI is InChI=1S/C28H27ClN2O6S/c1-28(2)22-10-5-6-11-24(22)31(3)26(28)16-20(32)17-37-27(33)18-8-7-9-21(14-18)38(34,35)30-23-15-19(29)12-13-25(23)36-4/h5-16,30H,17H2,1-4H3. The Kier molecular flexibility index (Phi) is 7.53. The van der Waals surface area contributed by atoms with Gasteiger partial charge in [0.25, 0.3) is 10.0 Å². The number of rotatable bonds is 8. The number of anilines is 2. The summed E-state index contributed by atoms with van der Waals surface area (Å²) < 4.78 is 38.8. The number of methoxy groups -OCH3 is 1. The molecule has 0 radical (unpaired) electrons. The molecule has 0 aliphatic carbocycles. The maximum Gasteiger partial charge on any atom is 0.338 e. The number of fused-ring (bicyclic) bond motifs is 1. The summed E-state index contributed by atoms with van der Waals surface area (Å²) in [5, 5.41) is 0.316. The molecule has 1 N–H and O–H groups in total. The molecule has 0 fully saturated rings. The number of sulfonamides is 1. The Morgan fingerprint density at radius 3 is 2.50 bits per heavy atom. The number of nitrogens with zero attached hydrogens (tertiary/aromatic N) is 1. The summed E-state index contributed by atoms with van der Waals surface area (Å²) in [6, 6.07) is 17.8. The van der Waals surface area contributed by atoms with Crippen LogP contribution in [0.1, 0.15) is 29.8 Å². The van der Waals surface area contributed by atoms with Crippen LogP contribution in [0.5, 0.6) is 5.75 Å². The molecule has 0 aromatic heterocycles. The van der Waals surface area contributed by atoms with Crippen LogP contribution in [0.15, 0.2) is 83.4 Å². The highest BCUT2D eigenvalue weighted by Crippen LogP contribution is 2.46. The van der Waals surface area contributed by atoms with Crippen molar-refractivity contribution in [2.45, 2.75) is 24.2 Å². The summed E-state index contributed by atoms with van der Waals surface area (Å²) in [7, 11) is -0.801. The number of likely N-dealkylation sites (N-methyl/N-ethyl adjacent to an activating group) is 1. The monoisotopic (exact) mass is 554 g/mol. The lowest BCUT2D eigenvalue weighted by Gasteiger charge is -2.23. The first-order valence-corrected chi connectivity index (χ1v) is 13.5. The zero-order valence-electron chi connectivity index (χ0n) is 21.3. The Morgan fingerprint density at radius 2 is 1.79 bits per heavy atom. The second-order valence-corrected chi connectivity index (χ2v) is 11.4. The van der Waals surface area contributed by atoms with Crippen LogP contribution in [0.25, 0.3) is 0 Å². The minimum Gasteiger partial charge on any atom is -0.495 e. The average Bonchev–Trinajstić information content (AvgIpc) is 3.08. The third kappa shape index (κ3) is 5.39. The Morgan fingerprint density at radius 1 is 1.05 bits per heavy atom. The fourth-order valence-corrected chi connectivity index (χ4v) is 5.71. The molecule has 3 aromatic carbocycles. The maximum absolute atomic E-state index is 13.0. The van der Waals surface area contributed by atoms with E-state index in [1.807, 2.05) is 50.1 Å². The number of ether oxygens (including phenoxy) is 2. The molecular formula is C28H27ClN2O6S. The molecule has 1 heterocycles. The minimum absolute atomic E-state index is 0.0166. The molecule has 0 bridgehead atoms. The third-order valence-electron chi connectivity index (χ3n) is 6.37. The van der Waals surface area contributed by atoms with Crippen molar-refractivity contribution in [3.05, 3.63) is 94.7 Å². The van der Waals surface area contributed by atoms with Crippen molar-refractivity contribution in [2.75, 3.05) is 30.4 Å². The predicted molar refractivity (Wildman–Crippen MR) is 146 cm³/mol. The van der Waals surface area contributed by atoms with Crippen molar-refractivity contribution in [3.8, 4) is 5.75 Å². The van der Waals surface area contributed by atoms with Gasteiger partial charge in [0.1, 0.15) is 5.75 Å². The lowest BCUT2D eigenvalue weighted by atomic mass is 9.83. The largest absolute Gasteiger partial charge is 0.495 e. The summed E-state index contributed by atoms with van der Waals surface area (Å²) in [6.45, 7) is 3.57. The SMILES string of the molecule is COc1ccc(Cl)cc1NS(=O)(=O)c1cccc(C(=O)OCC(=O)C=C2N(C)c3ccccc3C2(C)C)c1. The van der Waals surface area contributed by atoms with Gasteiger partial charge in [-0.25, -0.2) is 13.2 Å². The Hall–Kier alpha value is -3.82. The molecule has 0 spiro atoms. The predicted octanol–water partition coefficient (Wildman–Crippen LogP) is 5.19. The highest BCUT2D eigenvalue weighted by Gasteiger charge is 2.38. The minimum atomic E-state index is -4.09. The molecule has 0 saturated carbocycles. The molecule has 8 nitrogen and oxygen atoms in total. The Labute approximate surface area is 226 Å². The van der Waals surface area contributed by atoms with Gasteiger partial charge in [-0.3, -0.25) is 9.52 Å². The molecule has 1 aliphatic heterocycles. The van der Waals surface area contributed by atoms with Gasteiger partial charge in [-0.15, -0.1) is 0 Å². The number of hydrogen-bond donors (Lipinski definition) is 1. The van der Waals surface area contributed by atoms with E-state index < -0.39 is 28.0 Å². The maximum atomic E-state index is 13.0. The van der Waals surface area contributed by atoms with Crippen LogP contribution < -0.4 is 14.4 Å². The van der Waals surface area contributed by atoms with Crippen molar-refractivity contribution in [1.82, 2.24) is 0 Å². The van der Waals surface area contributed by atoms with Gasteiger partial charge in [0.2, 0.25) is 0 Å². The zero-order valence-corrected chi connectivity index (χ0v) is 22.9. The van der Waals surface area contributed by atoms with E-state index in [-0.39, 0.29) is 27.7 Å². The second kappa shape index (κ2) is 10.5. The zero-order chi connectivity index (χ0) is 27.7. The summed E-state index contributed by atoms with van der Waals surface area (Å²) in [6.07, 6.45) is 1.48. The number of esters is 1. The van der Waals surface area contributed by atoms with Crippen LogP contribution in [0.2, 0.25) is 5.02 Å². The van der Waals surface area contributed by atoms with Gasteiger partial charge in [0.05, 0.1) is 23.3 Å².